The first-order valence-corrected chi connectivity index (χ1v) is 7.90. The third-order valence-electron chi connectivity index (χ3n) is 3.69. The van der Waals surface area contributed by atoms with Crippen LogP contribution in [0.25, 0.3) is 0 Å². The van der Waals surface area contributed by atoms with Gasteiger partial charge in [0.2, 0.25) is 0 Å². The van der Waals surface area contributed by atoms with Crippen molar-refractivity contribution in [2.45, 2.75) is 41.9 Å². The summed E-state index contributed by atoms with van der Waals surface area (Å²) in [4.78, 5) is -0.133. The first-order valence-electron chi connectivity index (χ1n) is 6.36. The monoisotopic (exact) mass is 269 g/mol. The number of hydrogen-bond donors (Lipinski definition) is 1. The van der Waals surface area contributed by atoms with E-state index in [0.717, 1.165) is 24.9 Å². The molecule has 3 nitrogen and oxygen atoms in total. The minimum absolute atomic E-state index is 0.133. The van der Waals surface area contributed by atoms with Crippen molar-refractivity contribution < 1.29 is 12.8 Å². The van der Waals surface area contributed by atoms with E-state index in [1.165, 1.54) is 12.1 Å². The van der Waals surface area contributed by atoms with Crippen LogP contribution in [0.1, 0.15) is 37.3 Å². The van der Waals surface area contributed by atoms with Crippen LogP contribution in [0.15, 0.2) is 23.1 Å². The summed E-state index contributed by atoms with van der Waals surface area (Å²) in [5.74, 6) is -0.604. The molecule has 2 fully saturated rings. The molecule has 1 saturated carbocycles. The van der Waals surface area contributed by atoms with Crippen molar-refractivity contribution in [3.8, 4) is 0 Å². The quantitative estimate of drug-likeness (QED) is 0.915. The summed E-state index contributed by atoms with van der Waals surface area (Å²) < 4.78 is 38.0. The largest absolute Gasteiger partial charge is 0.310 e. The molecule has 1 unspecified atom stereocenters. The number of nitrogens with one attached hydrogen (secondary N) is 1. The topological polar surface area (TPSA) is 46.2 Å². The van der Waals surface area contributed by atoms with Crippen LogP contribution in [-0.4, -0.2) is 20.2 Å². The fourth-order valence-corrected chi connectivity index (χ4v) is 4.20. The fraction of sp³-hybridized carbons (Fsp3) is 0.538. The van der Waals surface area contributed by atoms with Gasteiger partial charge in [-0.15, -0.1) is 0 Å². The molecule has 0 aromatic heterocycles. The molecule has 0 bridgehead atoms. The van der Waals surface area contributed by atoms with Gasteiger partial charge in [-0.1, -0.05) is 6.07 Å². The number of halogens is 1. The second-order valence-corrected chi connectivity index (χ2v) is 7.28. The van der Waals surface area contributed by atoms with Crippen LogP contribution in [0.5, 0.6) is 0 Å². The van der Waals surface area contributed by atoms with Gasteiger partial charge in [0.25, 0.3) is 0 Å². The van der Waals surface area contributed by atoms with Gasteiger partial charge in [-0.2, -0.15) is 0 Å². The lowest BCUT2D eigenvalue weighted by Crippen LogP contribution is -2.14. The minimum atomic E-state index is -3.43. The molecule has 1 atom stereocenters. The molecule has 1 aromatic carbocycles. The molecule has 1 heterocycles. The number of benzene rings is 1. The molecule has 18 heavy (non-hydrogen) atoms. The molecular formula is C13H16FNO2S. The van der Waals surface area contributed by atoms with Crippen LogP contribution in [0, 0.1) is 5.82 Å². The normalized spacial score (nSPS) is 24.4. The lowest BCUT2D eigenvalue weighted by Gasteiger charge is -2.12. The standard InChI is InChI=1S/C13H16FNO2S/c14-11-8-9(12-2-1-7-15-12)3-6-13(11)18(16,17)10-4-5-10/h3,6,8,10,12,15H,1-2,4-5,7H2. The van der Waals surface area contributed by atoms with Crippen molar-refractivity contribution in [3.05, 3.63) is 29.6 Å². The lowest BCUT2D eigenvalue weighted by atomic mass is 10.1. The summed E-state index contributed by atoms with van der Waals surface area (Å²) in [5, 5.41) is 2.92. The third kappa shape index (κ3) is 2.06. The summed E-state index contributed by atoms with van der Waals surface area (Å²) in [7, 11) is -3.43. The van der Waals surface area contributed by atoms with Crippen molar-refractivity contribution >= 4 is 9.84 Å². The van der Waals surface area contributed by atoms with Crippen LogP contribution >= 0.6 is 0 Å². The smallest absolute Gasteiger partial charge is 0.184 e. The molecule has 98 valence electrons. The molecule has 1 N–H and O–H groups in total. The molecule has 2 aliphatic rings. The Bertz CT molecular complexity index is 560. The lowest BCUT2D eigenvalue weighted by molar-refractivity contribution is 0.559. The van der Waals surface area contributed by atoms with E-state index in [9.17, 15) is 12.8 Å². The van der Waals surface area contributed by atoms with Gasteiger partial charge >= 0.3 is 0 Å². The van der Waals surface area contributed by atoms with Crippen LogP contribution in [0.2, 0.25) is 0 Å². The zero-order valence-electron chi connectivity index (χ0n) is 10.0. The van der Waals surface area contributed by atoms with Crippen molar-refractivity contribution in [2.75, 3.05) is 6.54 Å². The zero-order chi connectivity index (χ0) is 12.8. The van der Waals surface area contributed by atoms with Crippen LogP contribution in [0.3, 0.4) is 0 Å². The van der Waals surface area contributed by atoms with E-state index < -0.39 is 15.7 Å². The van der Waals surface area contributed by atoms with Crippen molar-refractivity contribution in [1.29, 1.82) is 0 Å². The number of sulfone groups is 1. The first-order chi connectivity index (χ1) is 8.59. The Balaban J connectivity index is 1.93. The van der Waals surface area contributed by atoms with Gasteiger partial charge in [-0.3, -0.25) is 0 Å². The summed E-state index contributed by atoms with van der Waals surface area (Å²) in [5.41, 5.74) is 0.847. The highest BCUT2D eigenvalue weighted by Gasteiger charge is 2.38. The molecule has 0 amide bonds. The molecule has 0 radical (unpaired) electrons. The van der Waals surface area contributed by atoms with E-state index in [2.05, 4.69) is 5.32 Å². The molecule has 1 saturated heterocycles. The van der Waals surface area contributed by atoms with Crippen molar-refractivity contribution in [2.24, 2.45) is 0 Å². The van der Waals surface area contributed by atoms with Crippen molar-refractivity contribution in [3.63, 3.8) is 0 Å². The van der Waals surface area contributed by atoms with Gasteiger partial charge in [0.15, 0.2) is 9.84 Å². The average molecular weight is 269 g/mol. The molecule has 1 aliphatic carbocycles. The SMILES string of the molecule is O=S(=O)(c1ccc(C2CCCN2)cc1F)C1CC1. The molecule has 5 heteroatoms. The van der Waals surface area contributed by atoms with E-state index in [4.69, 9.17) is 0 Å². The highest BCUT2D eigenvalue weighted by molar-refractivity contribution is 7.92. The average Bonchev–Trinajstić information content (AvgIpc) is 3.06. The second kappa shape index (κ2) is 4.31. The van der Waals surface area contributed by atoms with Gasteiger partial charge < -0.3 is 5.32 Å². The van der Waals surface area contributed by atoms with Gasteiger partial charge in [-0.25, -0.2) is 12.8 Å². The Morgan fingerprint density at radius 1 is 1.22 bits per heavy atom. The van der Waals surface area contributed by atoms with Crippen LogP contribution in [-0.2, 0) is 9.84 Å². The number of rotatable bonds is 3. The molecule has 0 spiro atoms. The van der Waals surface area contributed by atoms with Gasteiger partial charge in [0.05, 0.1) is 5.25 Å². The summed E-state index contributed by atoms with van der Waals surface area (Å²) in [6, 6.07) is 4.70. The predicted octanol–water partition coefficient (Wildman–Crippen LogP) is 2.19. The Morgan fingerprint density at radius 3 is 2.56 bits per heavy atom. The highest BCUT2D eigenvalue weighted by atomic mass is 32.2. The molecular weight excluding hydrogens is 253 g/mol. The van der Waals surface area contributed by atoms with E-state index in [0.29, 0.717) is 12.8 Å². The Morgan fingerprint density at radius 2 is 2.00 bits per heavy atom. The van der Waals surface area contributed by atoms with Crippen molar-refractivity contribution in [1.82, 2.24) is 5.32 Å². The van der Waals surface area contributed by atoms with E-state index in [1.807, 2.05) is 0 Å². The van der Waals surface area contributed by atoms with Crippen LogP contribution in [0.4, 0.5) is 4.39 Å². The summed E-state index contributed by atoms with van der Waals surface area (Å²) >= 11 is 0. The molecule has 3 rings (SSSR count). The Labute approximate surface area is 106 Å². The highest BCUT2D eigenvalue weighted by Crippen LogP contribution is 2.35. The maximum atomic E-state index is 14.0. The van der Waals surface area contributed by atoms with Gasteiger partial charge in [-0.05, 0) is 49.9 Å². The maximum absolute atomic E-state index is 14.0. The molecule has 1 aliphatic heterocycles. The molecule has 1 aromatic rings. The fourth-order valence-electron chi connectivity index (χ4n) is 2.49. The van der Waals surface area contributed by atoms with Gasteiger partial charge in [0, 0.05) is 6.04 Å². The Kier molecular flexibility index (Phi) is 2.90. The minimum Gasteiger partial charge on any atom is -0.310 e. The first kappa shape index (κ1) is 12.1. The van der Waals surface area contributed by atoms with E-state index >= 15 is 0 Å². The summed E-state index contributed by atoms with van der Waals surface area (Å²) in [6.45, 7) is 0.939. The Hall–Kier alpha value is -0.940. The predicted molar refractivity (Wildman–Crippen MR) is 66.6 cm³/mol. The third-order valence-corrected chi connectivity index (χ3v) is 5.98. The second-order valence-electron chi connectivity index (χ2n) is 5.08. The maximum Gasteiger partial charge on any atom is 0.184 e. The zero-order valence-corrected chi connectivity index (χ0v) is 10.8. The number of hydrogen-bond acceptors (Lipinski definition) is 3. The van der Waals surface area contributed by atoms with E-state index in [1.54, 1.807) is 6.07 Å². The van der Waals surface area contributed by atoms with Crippen LogP contribution < -0.4 is 5.32 Å². The van der Waals surface area contributed by atoms with E-state index in [-0.39, 0.29) is 16.2 Å². The van der Waals surface area contributed by atoms with Gasteiger partial charge in [0.1, 0.15) is 10.7 Å². The summed E-state index contributed by atoms with van der Waals surface area (Å²) in [6.07, 6.45) is 3.38.